The molecule has 6 nitrogen and oxygen atoms in total. The molecule has 0 unspecified atom stereocenters. The van der Waals surface area contributed by atoms with E-state index < -0.39 is 16.0 Å². The van der Waals surface area contributed by atoms with E-state index in [0.717, 1.165) is 6.34 Å². The molecular weight excluding hydrogens is 324 g/mol. The third kappa shape index (κ3) is 2.54. The Bertz CT molecular complexity index is 627. The first-order valence-corrected chi connectivity index (χ1v) is 7.22. The van der Waals surface area contributed by atoms with Crippen molar-refractivity contribution < 1.29 is 18.3 Å². The molecule has 96 valence electrons. The van der Waals surface area contributed by atoms with Crippen LogP contribution in [0.15, 0.2) is 32.0 Å². The summed E-state index contributed by atoms with van der Waals surface area (Å²) >= 11 is 3.20. The SMILES string of the molecule is O=C(O)CCN1C=NS(=O)(=O)c2cc(Br)ccc21. The van der Waals surface area contributed by atoms with Crippen LogP contribution >= 0.6 is 15.9 Å². The van der Waals surface area contributed by atoms with Crippen molar-refractivity contribution >= 4 is 43.9 Å². The van der Waals surface area contributed by atoms with Gasteiger partial charge in [0, 0.05) is 11.0 Å². The van der Waals surface area contributed by atoms with Crippen molar-refractivity contribution in [2.24, 2.45) is 4.40 Å². The smallest absolute Gasteiger partial charge is 0.305 e. The lowest BCUT2D eigenvalue weighted by molar-refractivity contribution is -0.136. The van der Waals surface area contributed by atoms with Crippen molar-refractivity contribution in [3.8, 4) is 0 Å². The third-order valence-corrected chi connectivity index (χ3v) is 4.15. The van der Waals surface area contributed by atoms with Gasteiger partial charge in [-0.25, -0.2) is 0 Å². The number of hydrogen-bond donors (Lipinski definition) is 1. The number of carboxylic acid groups (broad SMARTS) is 1. The number of rotatable bonds is 3. The Morgan fingerprint density at radius 2 is 2.17 bits per heavy atom. The number of halogens is 1. The maximum atomic E-state index is 11.7. The fourth-order valence-electron chi connectivity index (χ4n) is 1.56. The lowest BCUT2D eigenvalue weighted by atomic mass is 10.3. The Labute approximate surface area is 112 Å². The molecule has 1 heterocycles. The zero-order valence-electron chi connectivity index (χ0n) is 9.08. The standard InChI is InChI=1S/C10H9BrN2O4S/c11-7-1-2-8-9(5-7)18(16,17)12-6-13(8)4-3-10(14)15/h1-2,5-6H,3-4H2,(H,14,15). The van der Waals surface area contributed by atoms with E-state index in [1.807, 2.05) is 0 Å². The minimum Gasteiger partial charge on any atom is -0.481 e. The van der Waals surface area contributed by atoms with E-state index in [1.54, 1.807) is 12.1 Å². The predicted molar refractivity (Wildman–Crippen MR) is 69.4 cm³/mol. The number of anilines is 1. The molecule has 0 aromatic heterocycles. The topological polar surface area (TPSA) is 87.0 Å². The number of nitrogens with zero attached hydrogens (tertiary/aromatic N) is 2. The monoisotopic (exact) mass is 332 g/mol. The van der Waals surface area contributed by atoms with Crippen molar-refractivity contribution in [2.75, 3.05) is 11.4 Å². The highest BCUT2D eigenvalue weighted by Crippen LogP contribution is 2.32. The molecule has 1 aliphatic heterocycles. The van der Waals surface area contributed by atoms with Crippen molar-refractivity contribution in [3.63, 3.8) is 0 Å². The van der Waals surface area contributed by atoms with Gasteiger partial charge in [0.05, 0.1) is 12.1 Å². The molecule has 0 atom stereocenters. The average Bonchev–Trinajstić information content (AvgIpc) is 2.28. The van der Waals surface area contributed by atoms with Gasteiger partial charge in [0.2, 0.25) is 0 Å². The molecular formula is C10H9BrN2O4S. The molecule has 1 aromatic rings. The second-order valence-electron chi connectivity index (χ2n) is 3.65. The quantitative estimate of drug-likeness (QED) is 0.905. The first-order chi connectivity index (χ1) is 8.40. The van der Waals surface area contributed by atoms with Gasteiger partial charge >= 0.3 is 5.97 Å². The average molecular weight is 333 g/mol. The molecule has 2 rings (SSSR count). The number of carbonyl (C=O) groups is 1. The van der Waals surface area contributed by atoms with Crippen LogP contribution in [0.1, 0.15) is 6.42 Å². The van der Waals surface area contributed by atoms with Gasteiger partial charge in [-0.2, -0.15) is 8.42 Å². The Morgan fingerprint density at radius 3 is 2.83 bits per heavy atom. The molecule has 0 spiro atoms. The third-order valence-electron chi connectivity index (χ3n) is 2.40. The van der Waals surface area contributed by atoms with Crippen LogP contribution in [0.2, 0.25) is 0 Å². The molecule has 18 heavy (non-hydrogen) atoms. The summed E-state index contributed by atoms with van der Waals surface area (Å²) in [6.07, 6.45) is 1.05. The summed E-state index contributed by atoms with van der Waals surface area (Å²) in [5.74, 6) is -0.949. The van der Waals surface area contributed by atoms with E-state index in [0.29, 0.717) is 10.2 Å². The maximum Gasteiger partial charge on any atom is 0.305 e. The van der Waals surface area contributed by atoms with Crippen LogP contribution in [-0.4, -0.2) is 32.4 Å². The predicted octanol–water partition coefficient (Wildman–Crippen LogP) is 1.46. The van der Waals surface area contributed by atoms with E-state index in [9.17, 15) is 13.2 Å². The number of carboxylic acids is 1. The van der Waals surface area contributed by atoms with Gasteiger partial charge in [-0.3, -0.25) is 4.79 Å². The van der Waals surface area contributed by atoms with Crippen LogP contribution in [0.25, 0.3) is 0 Å². The minimum atomic E-state index is -3.69. The van der Waals surface area contributed by atoms with Gasteiger partial charge < -0.3 is 10.0 Å². The summed E-state index contributed by atoms with van der Waals surface area (Å²) in [4.78, 5) is 12.1. The summed E-state index contributed by atoms with van der Waals surface area (Å²) in [6, 6.07) is 4.76. The Kier molecular flexibility index (Phi) is 3.40. The fourth-order valence-corrected chi connectivity index (χ4v) is 3.15. The summed E-state index contributed by atoms with van der Waals surface area (Å²) in [6.45, 7) is 0.170. The number of aliphatic carboxylic acids is 1. The van der Waals surface area contributed by atoms with Crippen molar-refractivity contribution in [2.45, 2.75) is 11.3 Å². The molecule has 0 bridgehead atoms. The number of hydrogen-bond acceptors (Lipinski definition) is 4. The second kappa shape index (κ2) is 4.69. The fraction of sp³-hybridized carbons (Fsp3) is 0.200. The Balaban J connectivity index is 2.42. The summed E-state index contributed by atoms with van der Waals surface area (Å²) in [5.41, 5.74) is 0.439. The van der Waals surface area contributed by atoms with Crippen molar-refractivity contribution in [3.05, 3.63) is 22.7 Å². The molecule has 0 saturated carbocycles. The van der Waals surface area contributed by atoms with Crippen molar-refractivity contribution in [1.29, 1.82) is 0 Å². The maximum absolute atomic E-state index is 11.7. The van der Waals surface area contributed by atoms with E-state index >= 15 is 0 Å². The van der Waals surface area contributed by atoms with Gasteiger partial charge in [-0.05, 0) is 18.2 Å². The van der Waals surface area contributed by atoms with Crippen LogP contribution in [-0.2, 0) is 14.8 Å². The van der Waals surface area contributed by atoms with E-state index in [2.05, 4.69) is 20.3 Å². The van der Waals surface area contributed by atoms with Gasteiger partial charge in [0.15, 0.2) is 0 Å². The van der Waals surface area contributed by atoms with Gasteiger partial charge in [0.1, 0.15) is 11.2 Å². The number of benzene rings is 1. The normalized spacial score (nSPS) is 16.4. The number of fused-ring (bicyclic) bond motifs is 1. The molecule has 0 fully saturated rings. The summed E-state index contributed by atoms with van der Waals surface area (Å²) in [5, 5.41) is 8.64. The zero-order valence-corrected chi connectivity index (χ0v) is 11.5. The summed E-state index contributed by atoms with van der Waals surface area (Å²) in [7, 11) is -3.69. The van der Waals surface area contributed by atoms with Crippen LogP contribution < -0.4 is 4.90 Å². The zero-order chi connectivity index (χ0) is 13.3. The number of sulfonamides is 1. The first-order valence-electron chi connectivity index (χ1n) is 4.98. The molecule has 0 aliphatic carbocycles. The highest BCUT2D eigenvalue weighted by atomic mass is 79.9. The molecule has 1 N–H and O–H groups in total. The molecule has 1 aliphatic rings. The molecule has 0 amide bonds. The Hall–Kier alpha value is -1.41. The lowest BCUT2D eigenvalue weighted by Crippen LogP contribution is -2.29. The van der Waals surface area contributed by atoms with E-state index in [1.165, 1.54) is 11.0 Å². The van der Waals surface area contributed by atoms with Gasteiger partial charge in [0.25, 0.3) is 10.0 Å². The largest absolute Gasteiger partial charge is 0.481 e. The van der Waals surface area contributed by atoms with Gasteiger partial charge in [-0.1, -0.05) is 15.9 Å². The van der Waals surface area contributed by atoms with E-state index in [-0.39, 0.29) is 17.9 Å². The van der Waals surface area contributed by atoms with E-state index in [4.69, 9.17) is 5.11 Å². The van der Waals surface area contributed by atoms with Crippen LogP contribution in [0.4, 0.5) is 5.69 Å². The minimum absolute atomic E-state index is 0.0739. The lowest BCUT2D eigenvalue weighted by Gasteiger charge is -2.24. The van der Waals surface area contributed by atoms with Gasteiger partial charge in [-0.15, -0.1) is 4.40 Å². The molecule has 1 aromatic carbocycles. The van der Waals surface area contributed by atoms with Crippen LogP contribution in [0, 0.1) is 0 Å². The molecule has 0 radical (unpaired) electrons. The summed E-state index contributed by atoms with van der Waals surface area (Å²) < 4.78 is 27.6. The highest BCUT2D eigenvalue weighted by Gasteiger charge is 2.25. The Morgan fingerprint density at radius 1 is 1.44 bits per heavy atom. The van der Waals surface area contributed by atoms with Crippen LogP contribution in [0.3, 0.4) is 0 Å². The first kappa shape index (κ1) is 13.0. The second-order valence-corrected chi connectivity index (χ2v) is 6.16. The molecule has 0 saturated heterocycles. The molecule has 8 heteroatoms. The van der Waals surface area contributed by atoms with Crippen molar-refractivity contribution in [1.82, 2.24) is 0 Å². The highest BCUT2D eigenvalue weighted by molar-refractivity contribution is 9.10. The van der Waals surface area contributed by atoms with Crippen LogP contribution in [0.5, 0.6) is 0 Å².